The molecule has 1 saturated heterocycles. The standard InChI is InChI=1S/C19H17F3N2O3/c20-13-5-6-16(22)14(11-13)19-17(24(26)27)7-8-18(25)23(19)10-9-12-3-1-2-4-15(12)21/h1-6,11,17,19H,7-10H2/t17-,19+/m0/s1. The van der Waals surface area contributed by atoms with Crippen LogP contribution in [0.3, 0.4) is 0 Å². The van der Waals surface area contributed by atoms with E-state index >= 15 is 0 Å². The van der Waals surface area contributed by atoms with E-state index in [1.165, 1.54) is 17.0 Å². The first-order valence-corrected chi connectivity index (χ1v) is 8.50. The molecular weight excluding hydrogens is 361 g/mol. The number of hydrogen-bond acceptors (Lipinski definition) is 3. The Kier molecular flexibility index (Phi) is 5.43. The number of nitrogens with zero attached hydrogens (tertiary/aromatic N) is 2. The largest absolute Gasteiger partial charge is 0.328 e. The number of amides is 1. The van der Waals surface area contributed by atoms with Crippen molar-refractivity contribution in [1.29, 1.82) is 0 Å². The van der Waals surface area contributed by atoms with Crippen LogP contribution in [0.5, 0.6) is 0 Å². The Balaban J connectivity index is 1.96. The van der Waals surface area contributed by atoms with E-state index < -0.39 is 40.4 Å². The fourth-order valence-corrected chi connectivity index (χ4v) is 3.48. The molecule has 1 heterocycles. The Morgan fingerprint density at radius 2 is 1.85 bits per heavy atom. The van der Waals surface area contributed by atoms with Gasteiger partial charge in [0.05, 0.1) is 0 Å². The number of nitro groups is 1. The average Bonchev–Trinajstić information content (AvgIpc) is 2.63. The molecule has 5 nitrogen and oxygen atoms in total. The van der Waals surface area contributed by atoms with Crippen molar-refractivity contribution in [3.8, 4) is 0 Å². The molecule has 0 N–H and O–H groups in total. The highest BCUT2D eigenvalue weighted by molar-refractivity contribution is 5.78. The summed E-state index contributed by atoms with van der Waals surface area (Å²) in [4.78, 5) is 24.5. The van der Waals surface area contributed by atoms with Crippen LogP contribution >= 0.6 is 0 Å². The molecule has 1 fully saturated rings. The van der Waals surface area contributed by atoms with Gasteiger partial charge in [0, 0.05) is 29.9 Å². The van der Waals surface area contributed by atoms with Gasteiger partial charge in [0.2, 0.25) is 11.9 Å². The lowest BCUT2D eigenvalue weighted by Crippen LogP contribution is -2.49. The van der Waals surface area contributed by atoms with Crippen molar-refractivity contribution in [2.24, 2.45) is 0 Å². The molecule has 0 spiro atoms. The number of halogens is 3. The first-order chi connectivity index (χ1) is 12.9. The van der Waals surface area contributed by atoms with E-state index in [4.69, 9.17) is 0 Å². The van der Waals surface area contributed by atoms with Crippen LogP contribution in [0.25, 0.3) is 0 Å². The zero-order chi connectivity index (χ0) is 19.6. The lowest BCUT2D eigenvalue weighted by atomic mass is 9.89. The van der Waals surface area contributed by atoms with Gasteiger partial charge in [-0.2, -0.15) is 0 Å². The van der Waals surface area contributed by atoms with Crippen LogP contribution in [0.1, 0.15) is 30.0 Å². The minimum atomic E-state index is -1.26. The minimum Gasteiger partial charge on any atom is -0.328 e. The second kappa shape index (κ2) is 7.77. The fourth-order valence-electron chi connectivity index (χ4n) is 3.48. The van der Waals surface area contributed by atoms with Crippen LogP contribution in [-0.2, 0) is 11.2 Å². The summed E-state index contributed by atoms with van der Waals surface area (Å²) in [5, 5.41) is 11.5. The molecule has 0 aromatic heterocycles. The summed E-state index contributed by atoms with van der Waals surface area (Å²) in [5.41, 5.74) is 0.102. The first-order valence-electron chi connectivity index (χ1n) is 8.50. The monoisotopic (exact) mass is 378 g/mol. The molecule has 2 aromatic carbocycles. The van der Waals surface area contributed by atoms with Crippen LogP contribution in [0.15, 0.2) is 42.5 Å². The van der Waals surface area contributed by atoms with Gasteiger partial charge >= 0.3 is 0 Å². The van der Waals surface area contributed by atoms with Crippen molar-refractivity contribution in [3.63, 3.8) is 0 Å². The maximum atomic E-state index is 14.3. The zero-order valence-corrected chi connectivity index (χ0v) is 14.3. The maximum absolute atomic E-state index is 14.3. The number of hydrogen-bond donors (Lipinski definition) is 0. The second-order valence-electron chi connectivity index (χ2n) is 6.43. The SMILES string of the molecule is O=C1CC[C@H]([N+](=O)[O-])[C@@H](c2cc(F)ccc2F)N1CCc1ccccc1F. The van der Waals surface area contributed by atoms with Gasteiger partial charge in [-0.25, -0.2) is 13.2 Å². The Bertz CT molecular complexity index is 875. The van der Waals surface area contributed by atoms with Crippen LogP contribution in [0, 0.1) is 27.6 Å². The van der Waals surface area contributed by atoms with Crippen molar-refractivity contribution in [2.75, 3.05) is 6.54 Å². The van der Waals surface area contributed by atoms with Gasteiger partial charge in [-0.05, 0) is 36.2 Å². The third-order valence-corrected chi connectivity index (χ3v) is 4.80. The maximum Gasteiger partial charge on any atom is 0.237 e. The van der Waals surface area contributed by atoms with Crippen LogP contribution in [0.4, 0.5) is 13.2 Å². The summed E-state index contributed by atoms with van der Waals surface area (Å²) in [6, 6.07) is 6.15. The highest BCUT2D eigenvalue weighted by Crippen LogP contribution is 2.35. The van der Waals surface area contributed by atoms with E-state index in [2.05, 4.69) is 0 Å². The summed E-state index contributed by atoms with van der Waals surface area (Å²) in [6.45, 7) is -0.0370. The predicted octanol–water partition coefficient (Wildman–Crippen LogP) is 3.66. The minimum absolute atomic E-state index is 0.0370. The molecule has 27 heavy (non-hydrogen) atoms. The molecular formula is C19H17F3N2O3. The van der Waals surface area contributed by atoms with Gasteiger partial charge < -0.3 is 4.90 Å². The molecule has 0 unspecified atom stereocenters. The normalized spacial score (nSPS) is 20.0. The average molecular weight is 378 g/mol. The summed E-state index contributed by atoms with van der Waals surface area (Å²) in [7, 11) is 0. The molecule has 0 radical (unpaired) electrons. The van der Waals surface area contributed by atoms with Crippen molar-refractivity contribution in [1.82, 2.24) is 4.90 Å². The molecule has 1 amide bonds. The van der Waals surface area contributed by atoms with E-state index in [1.807, 2.05) is 0 Å². The van der Waals surface area contributed by atoms with Gasteiger partial charge in [0.15, 0.2) is 0 Å². The van der Waals surface area contributed by atoms with E-state index in [1.54, 1.807) is 12.1 Å². The second-order valence-corrected chi connectivity index (χ2v) is 6.43. The number of likely N-dealkylation sites (tertiary alicyclic amines) is 1. The van der Waals surface area contributed by atoms with Gasteiger partial charge in [0.25, 0.3) is 0 Å². The van der Waals surface area contributed by atoms with Crippen molar-refractivity contribution in [3.05, 3.63) is 81.2 Å². The van der Waals surface area contributed by atoms with Gasteiger partial charge in [-0.15, -0.1) is 0 Å². The van der Waals surface area contributed by atoms with Gasteiger partial charge in [0.1, 0.15) is 23.5 Å². The van der Waals surface area contributed by atoms with Crippen molar-refractivity contribution < 1.29 is 22.9 Å². The number of piperidine rings is 1. The molecule has 2 aromatic rings. The summed E-state index contributed by atoms with van der Waals surface area (Å²) >= 11 is 0. The lowest BCUT2D eigenvalue weighted by molar-refractivity contribution is -0.533. The molecule has 1 aliphatic heterocycles. The lowest BCUT2D eigenvalue weighted by Gasteiger charge is -2.37. The van der Waals surface area contributed by atoms with E-state index in [-0.39, 0.29) is 31.4 Å². The number of benzene rings is 2. The molecule has 1 aliphatic rings. The van der Waals surface area contributed by atoms with Crippen LogP contribution in [-0.4, -0.2) is 28.3 Å². The van der Waals surface area contributed by atoms with Gasteiger partial charge in [-0.3, -0.25) is 14.9 Å². The Labute approximate surface area is 153 Å². The fraction of sp³-hybridized carbons (Fsp3) is 0.316. The first kappa shape index (κ1) is 18.9. The third kappa shape index (κ3) is 3.94. The van der Waals surface area contributed by atoms with Gasteiger partial charge in [-0.1, -0.05) is 18.2 Å². The molecule has 0 aliphatic carbocycles. The van der Waals surface area contributed by atoms with E-state index in [0.29, 0.717) is 5.56 Å². The van der Waals surface area contributed by atoms with Crippen LogP contribution in [0.2, 0.25) is 0 Å². The number of carbonyl (C=O) groups excluding carboxylic acids is 1. The molecule has 2 atom stereocenters. The van der Waals surface area contributed by atoms with E-state index in [0.717, 1.165) is 18.2 Å². The number of rotatable bonds is 5. The Hall–Kier alpha value is -2.90. The summed E-state index contributed by atoms with van der Waals surface area (Å²) in [6.07, 6.45) is -0.0325. The molecule has 0 bridgehead atoms. The molecule has 0 saturated carbocycles. The molecule has 142 valence electrons. The number of carbonyl (C=O) groups is 1. The zero-order valence-electron chi connectivity index (χ0n) is 14.3. The Morgan fingerprint density at radius 1 is 1.11 bits per heavy atom. The summed E-state index contributed by atoms with van der Waals surface area (Å²) < 4.78 is 41.9. The van der Waals surface area contributed by atoms with Crippen molar-refractivity contribution in [2.45, 2.75) is 31.3 Å². The molecule has 3 rings (SSSR count). The summed E-state index contributed by atoms with van der Waals surface area (Å²) in [5.74, 6) is -2.43. The van der Waals surface area contributed by atoms with E-state index in [9.17, 15) is 28.1 Å². The Morgan fingerprint density at radius 3 is 2.56 bits per heavy atom. The highest BCUT2D eigenvalue weighted by atomic mass is 19.1. The third-order valence-electron chi connectivity index (χ3n) is 4.80. The topological polar surface area (TPSA) is 63.4 Å². The molecule has 8 heteroatoms. The predicted molar refractivity (Wildman–Crippen MR) is 90.9 cm³/mol. The highest BCUT2D eigenvalue weighted by Gasteiger charge is 2.44. The quantitative estimate of drug-likeness (QED) is 0.589. The smallest absolute Gasteiger partial charge is 0.237 e. The van der Waals surface area contributed by atoms with Crippen molar-refractivity contribution >= 4 is 5.91 Å². The van der Waals surface area contributed by atoms with Crippen LogP contribution < -0.4 is 0 Å².